The van der Waals surface area contributed by atoms with Gasteiger partial charge in [-0.3, -0.25) is 0 Å². The van der Waals surface area contributed by atoms with Gasteiger partial charge in [0.15, 0.2) is 0 Å². The Morgan fingerprint density at radius 2 is 1.82 bits per heavy atom. The maximum absolute atomic E-state index is 11.2. The molecule has 0 unspecified atom stereocenters. The fraction of sp³-hybridized carbons (Fsp3) is 0.235. The number of hydrogen-bond donors (Lipinski definition) is 0. The van der Waals surface area contributed by atoms with E-state index in [4.69, 9.17) is 21.1 Å². The Morgan fingerprint density at radius 3 is 2.55 bits per heavy atom. The highest BCUT2D eigenvalue weighted by molar-refractivity contribution is 6.31. The van der Waals surface area contributed by atoms with Crippen molar-refractivity contribution in [2.75, 3.05) is 7.11 Å². The minimum atomic E-state index is -0.762. The SMILES string of the molecule is COC(=O)Oc1ccccc1COc1cc(Cl)c(C)cc1C. The van der Waals surface area contributed by atoms with Crippen LogP contribution in [-0.2, 0) is 11.3 Å². The van der Waals surface area contributed by atoms with Gasteiger partial charge in [-0.05, 0) is 37.1 Å². The number of ether oxygens (including phenoxy) is 3. The van der Waals surface area contributed by atoms with Gasteiger partial charge in [0, 0.05) is 10.6 Å². The summed E-state index contributed by atoms with van der Waals surface area (Å²) in [4.78, 5) is 11.2. The quantitative estimate of drug-likeness (QED) is 0.606. The molecule has 4 nitrogen and oxygen atoms in total. The molecule has 0 radical (unpaired) electrons. The second-order valence-electron chi connectivity index (χ2n) is 4.82. The summed E-state index contributed by atoms with van der Waals surface area (Å²) in [6.07, 6.45) is -0.762. The number of carbonyl (C=O) groups is 1. The predicted octanol–water partition coefficient (Wildman–Crippen LogP) is 4.68. The van der Waals surface area contributed by atoms with Crippen LogP contribution in [0, 0.1) is 13.8 Å². The zero-order chi connectivity index (χ0) is 16.1. The molecule has 0 heterocycles. The number of rotatable bonds is 4. The molecule has 0 aliphatic rings. The molecule has 0 aliphatic heterocycles. The van der Waals surface area contributed by atoms with E-state index in [0.29, 0.717) is 16.5 Å². The maximum Gasteiger partial charge on any atom is 0.513 e. The lowest BCUT2D eigenvalue weighted by Crippen LogP contribution is -2.09. The van der Waals surface area contributed by atoms with Crippen molar-refractivity contribution >= 4 is 17.8 Å². The highest BCUT2D eigenvalue weighted by Crippen LogP contribution is 2.28. The Labute approximate surface area is 134 Å². The van der Waals surface area contributed by atoms with Crippen molar-refractivity contribution in [1.29, 1.82) is 0 Å². The third kappa shape index (κ3) is 3.92. The van der Waals surface area contributed by atoms with Crippen LogP contribution in [0.25, 0.3) is 0 Å². The minimum absolute atomic E-state index is 0.257. The number of para-hydroxylation sites is 1. The average Bonchev–Trinajstić information content (AvgIpc) is 2.50. The van der Waals surface area contributed by atoms with Crippen LogP contribution < -0.4 is 9.47 Å². The van der Waals surface area contributed by atoms with Gasteiger partial charge in [0.05, 0.1) is 7.11 Å². The molecule has 0 amide bonds. The first-order valence-electron chi connectivity index (χ1n) is 6.74. The summed E-state index contributed by atoms with van der Waals surface area (Å²) < 4.78 is 15.4. The second-order valence-corrected chi connectivity index (χ2v) is 5.23. The third-order valence-electron chi connectivity index (χ3n) is 3.17. The van der Waals surface area contributed by atoms with E-state index >= 15 is 0 Å². The summed E-state index contributed by atoms with van der Waals surface area (Å²) in [6.45, 7) is 4.15. The molecule has 116 valence electrons. The monoisotopic (exact) mass is 320 g/mol. The van der Waals surface area contributed by atoms with Crippen molar-refractivity contribution in [1.82, 2.24) is 0 Å². The van der Waals surface area contributed by atoms with Crippen molar-refractivity contribution < 1.29 is 19.0 Å². The number of halogens is 1. The van der Waals surface area contributed by atoms with Crippen LogP contribution in [0.4, 0.5) is 4.79 Å². The molecule has 0 saturated heterocycles. The molecule has 2 aromatic carbocycles. The van der Waals surface area contributed by atoms with Gasteiger partial charge in [-0.15, -0.1) is 0 Å². The van der Waals surface area contributed by atoms with Gasteiger partial charge in [0.1, 0.15) is 18.1 Å². The topological polar surface area (TPSA) is 44.8 Å². The van der Waals surface area contributed by atoms with E-state index in [9.17, 15) is 4.79 Å². The molecule has 2 rings (SSSR count). The van der Waals surface area contributed by atoms with E-state index in [2.05, 4.69) is 4.74 Å². The molecule has 0 saturated carbocycles. The van der Waals surface area contributed by atoms with E-state index in [-0.39, 0.29) is 6.61 Å². The van der Waals surface area contributed by atoms with Crippen molar-refractivity contribution in [3.63, 3.8) is 0 Å². The largest absolute Gasteiger partial charge is 0.513 e. The van der Waals surface area contributed by atoms with Crippen LogP contribution in [-0.4, -0.2) is 13.3 Å². The Balaban J connectivity index is 2.15. The zero-order valence-corrected chi connectivity index (χ0v) is 13.4. The number of carbonyl (C=O) groups excluding carboxylic acids is 1. The highest BCUT2D eigenvalue weighted by Gasteiger charge is 2.10. The molecule has 0 atom stereocenters. The second kappa shape index (κ2) is 7.18. The van der Waals surface area contributed by atoms with Crippen molar-refractivity contribution in [2.45, 2.75) is 20.5 Å². The van der Waals surface area contributed by atoms with Crippen LogP contribution in [0.5, 0.6) is 11.5 Å². The fourth-order valence-corrected chi connectivity index (χ4v) is 2.13. The lowest BCUT2D eigenvalue weighted by molar-refractivity contribution is 0.120. The Hall–Kier alpha value is -2.20. The van der Waals surface area contributed by atoms with Gasteiger partial charge in [-0.2, -0.15) is 0 Å². The summed E-state index contributed by atoms with van der Waals surface area (Å²) in [5.41, 5.74) is 2.73. The van der Waals surface area contributed by atoms with Crippen LogP contribution in [0.3, 0.4) is 0 Å². The maximum atomic E-state index is 11.2. The molecule has 0 bridgehead atoms. The summed E-state index contributed by atoms with van der Waals surface area (Å²) >= 11 is 6.12. The lowest BCUT2D eigenvalue weighted by Gasteiger charge is -2.13. The van der Waals surface area contributed by atoms with Gasteiger partial charge < -0.3 is 14.2 Å². The highest BCUT2D eigenvalue weighted by atomic mass is 35.5. The van der Waals surface area contributed by atoms with Gasteiger partial charge in [0.2, 0.25) is 0 Å². The van der Waals surface area contributed by atoms with E-state index in [0.717, 1.165) is 16.7 Å². The molecule has 22 heavy (non-hydrogen) atoms. The molecule has 0 fully saturated rings. The molecule has 0 aliphatic carbocycles. The molecule has 2 aromatic rings. The molecule has 0 N–H and O–H groups in total. The number of methoxy groups -OCH3 is 1. The summed E-state index contributed by atoms with van der Waals surface area (Å²) in [6, 6.07) is 10.9. The number of hydrogen-bond acceptors (Lipinski definition) is 4. The van der Waals surface area contributed by atoms with E-state index in [1.54, 1.807) is 18.2 Å². The minimum Gasteiger partial charge on any atom is -0.488 e. The van der Waals surface area contributed by atoms with Crippen molar-refractivity contribution in [2.24, 2.45) is 0 Å². The van der Waals surface area contributed by atoms with Gasteiger partial charge >= 0.3 is 6.16 Å². The fourth-order valence-electron chi connectivity index (χ4n) is 1.97. The van der Waals surface area contributed by atoms with Gasteiger partial charge in [-0.25, -0.2) is 4.79 Å². The third-order valence-corrected chi connectivity index (χ3v) is 3.58. The standard InChI is InChI=1S/C17H17ClO4/c1-11-8-12(2)16(9-14(11)18)21-10-13-6-4-5-7-15(13)22-17(19)20-3/h4-9H,10H2,1-3H3. The number of aryl methyl sites for hydroxylation is 2. The summed E-state index contributed by atoms with van der Waals surface area (Å²) in [7, 11) is 1.26. The van der Waals surface area contributed by atoms with Crippen LogP contribution in [0.2, 0.25) is 5.02 Å². The lowest BCUT2D eigenvalue weighted by atomic mass is 10.1. The summed E-state index contributed by atoms with van der Waals surface area (Å²) in [5.74, 6) is 1.11. The molecular formula is C17H17ClO4. The van der Waals surface area contributed by atoms with Crippen molar-refractivity contribution in [3.8, 4) is 11.5 Å². The zero-order valence-electron chi connectivity index (χ0n) is 12.7. The van der Waals surface area contributed by atoms with Crippen molar-refractivity contribution in [3.05, 3.63) is 58.1 Å². The first-order chi connectivity index (χ1) is 10.5. The Bertz CT molecular complexity index is 682. The Morgan fingerprint density at radius 1 is 1.09 bits per heavy atom. The molecule has 5 heteroatoms. The van der Waals surface area contributed by atoms with Crippen LogP contribution in [0.15, 0.2) is 36.4 Å². The first kappa shape index (κ1) is 16.2. The van der Waals surface area contributed by atoms with Gasteiger partial charge in [-0.1, -0.05) is 35.9 Å². The van der Waals surface area contributed by atoms with Crippen LogP contribution in [0.1, 0.15) is 16.7 Å². The smallest absolute Gasteiger partial charge is 0.488 e. The van der Waals surface area contributed by atoms with E-state index < -0.39 is 6.16 Å². The molecular weight excluding hydrogens is 304 g/mol. The average molecular weight is 321 g/mol. The van der Waals surface area contributed by atoms with Gasteiger partial charge in [0.25, 0.3) is 0 Å². The number of benzene rings is 2. The molecule has 0 aromatic heterocycles. The first-order valence-corrected chi connectivity index (χ1v) is 7.12. The summed E-state index contributed by atoms with van der Waals surface area (Å²) in [5, 5.41) is 0.652. The predicted molar refractivity (Wildman–Crippen MR) is 84.7 cm³/mol. The van der Waals surface area contributed by atoms with Crippen LogP contribution >= 0.6 is 11.6 Å². The van der Waals surface area contributed by atoms with E-state index in [1.165, 1.54) is 7.11 Å². The molecule has 0 spiro atoms. The Kier molecular flexibility index (Phi) is 5.28. The normalized spacial score (nSPS) is 10.2. The van der Waals surface area contributed by atoms with E-state index in [1.807, 2.05) is 32.0 Å².